The van der Waals surface area contributed by atoms with Crippen LogP contribution in [0.3, 0.4) is 0 Å². The van der Waals surface area contributed by atoms with Crippen molar-refractivity contribution in [2.45, 2.75) is 37.8 Å². The lowest BCUT2D eigenvalue weighted by atomic mass is 9.91. The Morgan fingerprint density at radius 2 is 1.74 bits per heavy atom. The quantitative estimate of drug-likeness (QED) is 0.636. The van der Waals surface area contributed by atoms with Crippen molar-refractivity contribution >= 4 is 47.8 Å². The molecule has 19 heavy (non-hydrogen) atoms. The van der Waals surface area contributed by atoms with Crippen molar-refractivity contribution in [2.75, 3.05) is 0 Å². The Hall–Kier alpha value is 0.380. The molecule has 0 spiro atoms. The van der Waals surface area contributed by atoms with Gasteiger partial charge in [0.15, 0.2) is 0 Å². The average Bonchev–Trinajstić information content (AvgIpc) is 2.88. The summed E-state index contributed by atoms with van der Waals surface area (Å²) in [7, 11) is 0. The molecule has 1 saturated carbocycles. The Morgan fingerprint density at radius 3 is 2.32 bits per heavy atom. The Balaban J connectivity index is 2.32. The number of rotatable bonds is 3. The average molecular weight is 458 g/mol. The van der Waals surface area contributed by atoms with E-state index >= 15 is 0 Å². The summed E-state index contributed by atoms with van der Waals surface area (Å²) >= 11 is 10.1. The van der Waals surface area contributed by atoms with E-state index < -0.39 is 12.1 Å². The third-order valence-electron chi connectivity index (χ3n) is 3.77. The number of hydrogen-bond acceptors (Lipinski definition) is 3. The van der Waals surface area contributed by atoms with Gasteiger partial charge in [0.05, 0.1) is 21.1 Å². The van der Waals surface area contributed by atoms with Crippen LogP contribution in [0.5, 0.6) is 5.75 Å². The number of phenolic OH excluding ortho intramolecular Hbond substituents is 1. The van der Waals surface area contributed by atoms with Gasteiger partial charge < -0.3 is 15.9 Å². The predicted molar refractivity (Wildman–Crippen MR) is 86.1 cm³/mol. The van der Waals surface area contributed by atoms with Gasteiger partial charge in [0.1, 0.15) is 5.75 Å². The van der Waals surface area contributed by atoms with E-state index in [9.17, 15) is 10.2 Å². The number of hydrogen-bond donors (Lipinski definition) is 3. The maximum atomic E-state index is 10.4. The van der Waals surface area contributed by atoms with Crippen molar-refractivity contribution in [1.29, 1.82) is 0 Å². The highest BCUT2D eigenvalue weighted by molar-refractivity contribution is 9.11. The summed E-state index contributed by atoms with van der Waals surface area (Å²) in [5, 5.41) is 20.4. The van der Waals surface area contributed by atoms with Gasteiger partial charge in [-0.3, -0.25) is 0 Å². The zero-order valence-corrected chi connectivity index (χ0v) is 15.0. The Bertz CT molecular complexity index is 475. The van der Waals surface area contributed by atoms with Gasteiger partial charge in [-0.05, 0) is 56.7 Å². The fraction of sp³-hybridized carbons (Fsp3) is 0.538. The molecule has 0 heterocycles. The fourth-order valence-corrected chi connectivity index (χ4v) is 5.31. The largest absolute Gasteiger partial charge is 0.506 e. The minimum atomic E-state index is -0.587. The van der Waals surface area contributed by atoms with Crippen LogP contribution in [0.1, 0.15) is 37.3 Å². The lowest BCUT2D eigenvalue weighted by Gasteiger charge is -2.26. The molecule has 2 rings (SSSR count). The van der Waals surface area contributed by atoms with Crippen molar-refractivity contribution in [1.82, 2.24) is 0 Å². The third-order valence-corrected chi connectivity index (χ3v) is 5.83. The molecular weight excluding hydrogens is 442 g/mol. The summed E-state index contributed by atoms with van der Waals surface area (Å²) in [4.78, 5) is 0. The Kier molecular flexibility index (Phi) is 5.34. The molecule has 1 aromatic rings. The van der Waals surface area contributed by atoms with Gasteiger partial charge in [-0.1, -0.05) is 28.8 Å². The number of phenols is 1. The van der Waals surface area contributed by atoms with Crippen LogP contribution in [0.15, 0.2) is 19.5 Å². The van der Waals surface area contributed by atoms with Crippen molar-refractivity contribution in [2.24, 2.45) is 11.7 Å². The molecule has 4 N–H and O–H groups in total. The van der Waals surface area contributed by atoms with Crippen molar-refractivity contribution < 1.29 is 10.2 Å². The second kappa shape index (κ2) is 6.43. The topological polar surface area (TPSA) is 66.5 Å². The number of benzene rings is 1. The van der Waals surface area contributed by atoms with E-state index in [-0.39, 0.29) is 11.7 Å². The second-order valence-electron chi connectivity index (χ2n) is 4.98. The van der Waals surface area contributed by atoms with Crippen LogP contribution >= 0.6 is 47.8 Å². The molecular formula is C13H16Br3NO2. The molecule has 1 aliphatic rings. The van der Waals surface area contributed by atoms with Crippen LogP contribution in [0, 0.1) is 5.92 Å². The first-order valence-corrected chi connectivity index (χ1v) is 8.61. The zero-order chi connectivity index (χ0) is 14.2. The van der Waals surface area contributed by atoms with E-state index in [4.69, 9.17) is 5.73 Å². The second-order valence-corrected chi connectivity index (χ2v) is 7.48. The first-order chi connectivity index (χ1) is 8.93. The first-order valence-electron chi connectivity index (χ1n) is 6.23. The van der Waals surface area contributed by atoms with E-state index in [1.807, 2.05) is 0 Å². The minimum absolute atomic E-state index is 0.104. The summed E-state index contributed by atoms with van der Waals surface area (Å²) in [5.74, 6) is 0.354. The molecule has 106 valence electrons. The number of halogens is 3. The standard InChI is InChI=1S/C13H16Br3NO2/c14-7-5-8(15)13(19)10(16)9(7)11(17)12(18)6-3-1-2-4-6/h5-6,11-12,18-19H,1-4,17H2/t11-,12+/m0/s1. The van der Waals surface area contributed by atoms with Gasteiger partial charge in [0.25, 0.3) is 0 Å². The fourth-order valence-electron chi connectivity index (χ4n) is 2.66. The molecule has 0 amide bonds. The molecule has 0 unspecified atom stereocenters. The van der Waals surface area contributed by atoms with E-state index in [0.29, 0.717) is 14.5 Å². The van der Waals surface area contributed by atoms with E-state index in [1.54, 1.807) is 6.07 Å². The summed E-state index contributed by atoms with van der Waals surface area (Å²) in [6.07, 6.45) is 3.76. The van der Waals surface area contributed by atoms with Gasteiger partial charge in [0, 0.05) is 10.0 Å². The van der Waals surface area contributed by atoms with Gasteiger partial charge in [0.2, 0.25) is 0 Å². The van der Waals surface area contributed by atoms with Gasteiger partial charge >= 0.3 is 0 Å². The molecule has 3 nitrogen and oxygen atoms in total. The van der Waals surface area contributed by atoms with Crippen LogP contribution in [-0.4, -0.2) is 16.3 Å². The highest BCUT2D eigenvalue weighted by Gasteiger charge is 2.31. The summed E-state index contributed by atoms with van der Waals surface area (Å²) in [6.45, 7) is 0. The van der Waals surface area contributed by atoms with Crippen molar-refractivity contribution in [3.05, 3.63) is 25.0 Å². The van der Waals surface area contributed by atoms with Crippen molar-refractivity contribution in [3.8, 4) is 5.75 Å². The van der Waals surface area contributed by atoms with Gasteiger partial charge in [-0.15, -0.1) is 0 Å². The SMILES string of the molecule is N[C@@H](c1c(Br)cc(Br)c(O)c1Br)[C@H](O)C1CCCC1. The zero-order valence-electron chi connectivity index (χ0n) is 10.2. The first kappa shape index (κ1) is 15.8. The van der Waals surface area contributed by atoms with E-state index in [1.165, 1.54) is 0 Å². The Labute approximate surface area is 138 Å². The van der Waals surface area contributed by atoms with Crippen molar-refractivity contribution in [3.63, 3.8) is 0 Å². The molecule has 1 aliphatic carbocycles. The predicted octanol–water partition coefficient (Wildman–Crippen LogP) is 4.23. The van der Waals surface area contributed by atoms with Crippen LogP contribution in [0.25, 0.3) is 0 Å². The van der Waals surface area contributed by atoms with Crippen LogP contribution in [-0.2, 0) is 0 Å². The molecule has 0 aromatic heterocycles. The van der Waals surface area contributed by atoms with E-state index in [2.05, 4.69) is 47.8 Å². The molecule has 0 bridgehead atoms. The maximum absolute atomic E-state index is 10.4. The molecule has 6 heteroatoms. The summed E-state index contributed by atoms with van der Waals surface area (Å²) < 4.78 is 1.88. The molecule has 2 atom stereocenters. The maximum Gasteiger partial charge on any atom is 0.144 e. The van der Waals surface area contributed by atoms with E-state index in [0.717, 1.165) is 30.2 Å². The lowest BCUT2D eigenvalue weighted by Crippen LogP contribution is -2.32. The number of aliphatic hydroxyl groups is 1. The number of nitrogens with two attached hydrogens (primary N) is 1. The minimum Gasteiger partial charge on any atom is -0.506 e. The smallest absolute Gasteiger partial charge is 0.144 e. The van der Waals surface area contributed by atoms with Crippen LogP contribution in [0.4, 0.5) is 0 Å². The molecule has 1 fully saturated rings. The number of aromatic hydroxyl groups is 1. The number of aliphatic hydroxyl groups excluding tert-OH is 1. The van der Waals surface area contributed by atoms with Gasteiger partial charge in [-0.25, -0.2) is 0 Å². The highest BCUT2D eigenvalue weighted by atomic mass is 79.9. The monoisotopic (exact) mass is 455 g/mol. The van der Waals surface area contributed by atoms with Crippen LogP contribution in [0.2, 0.25) is 0 Å². The Morgan fingerprint density at radius 1 is 1.16 bits per heavy atom. The highest BCUT2D eigenvalue weighted by Crippen LogP contribution is 2.44. The lowest BCUT2D eigenvalue weighted by molar-refractivity contribution is 0.0840. The molecule has 1 aromatic carbocycles. The molecule has 0 aliphatic heterocycles. The third kappa shape index (κ3) is 3.18. The molecule has 0 saturated heterocycles. The molecule has 0 radical (unpaired) electrons. The van der Waals surface area contributed by atoms with Gasteiger partial charge in [-0.2, -0.15) is 0 Å². The summed E-state index contributed by atoms with van der Waals surface area (Å²) in [5.41, 5.74) is 6.91. The normalized spacial score (nSPS) is 19.6. The van der Waals surface area contributed by atoms with Crippen LogP contribution < -0.4 is 5.73 Å². The summed E-state index contributed by atoms with van der Waals surface area (Å²) in [6, 6.07) is 1.22.